The lowest BCUT2D eigenvalue weighted by atomic mass is 9.85. The van der Waals surface area contributed by atoms with Crippen molar-refractivity contribution in [2.45, 2.75) is 95.1 Å². The highest BCUT2D eigenvalue weighted by Crippen LogP contribution is 2.48. The molecule has 1 N–H and O–H groups in total. The van der Waals surface area contributed by atoms with Crippen molar-refractivity contribution in [2.24, 2.45) is 4.99 Å². The third-order valence-corrected chi connectivity index (χ3v) is 9.32. The van der Waals surface area contributed by atoms with Crippen LogP contribution in [0.15, 0.2) is 31.6 Å². The predicted molar refractivity (Wildman–Crippen MR) is 147 cm³/mol. The molecule has 1 aromatic heterocycles. The van der Waals surface area contributed by atoms with Gasteiger partial charge >= 0.3 is 0 Å². The standard InChI is InChI=1S/C28H41N3OS2/c1-6-10-20-16-23-27(26(19(5)8-3)21(20)11-7-2)29-28(22-17-33-18-24(22)34-23)31-14-12-30(13-15-31)25(32)9-4/h16-19,25,32H,6-15H2,1-5H3. The lowest BCUT2D eigenvalue weighted by Crippen LogP contribution is -2.52. The Balaban J connectivity index is 1.83. The normalized spacial score (nSPS) is 18.2. The highest BCUT2D eigenvalue weighted by molar-refractivity contribution is 7.99. The fourth-order valence-corrected chi connectivity index (χ4v) is 7.34. The molecule has 0 bridgehead atoms. The van der Waals surface area contributed by atoms with Crippen molar-refractivity contribution in [1.29, 1.82) is 0 Å². The van der Waals surface area contributed by atoms with Gasteiger partial charge in [0.1, 0.15) is 12.1 Å². The second kappa shape index (κ2) is 11.6. The van der Waals surface area contributed by atoms with Crippen LogP contribution in [0.25, 0.3) is 0 Å². The minimum absolute atomic E-state index is 0.336. The molecule has 2 aliphatic rings. The molecular weight excluding hydrogens is 458 g/mol. The van der Waals surface area contributed by atoms with Gasteiger partial charge in [-0.05, 0) is 54.4 Å². The number of aliphatic hydroxyl groups is 1. The largest absolute Gasteiger partial charge is 0.378 e. The zero-order valence-corrected chi connectivity index (χ0v) is 23.2. The summed E-state index contributed by atoms with van der Waals surface area (Å²) < 4.78 is 0. The SMILES string of the molecule is CCCc1cc2c(c(C(C)CC)c1CCC)N=C(N1CCN(C(O)CC)CC1)c1cscc1S2. The highest BCUT2D eigenvalue weighted by Gasteiger charge is 2.30. The first kappa shape index (κ1) is 25.7. The third kappa shape index (κ3) is 5.11. The van der Waals surface area contributed by atoms with Gasteiger partial charge in [-0.1, -0.05) is 59.2 Å². The quantitative estimate of drug-likeness (QED) is 0.422. The smallest absolute Gasteiger partial charge is 0.138 e. The van der Waals surface area contributed by atoms with E-state index < -0.39 is 0 Å². The van der Waals surface area contributed by atoms with Crippen molar-refractivity contribution in [2.75, 3.05) is 26.2 Å². The van der Waals surface area contributed by atoms with E-state index in [4.69, 9.17) is 4.99 Å². The van der Waals surface area contributed by atoms with Crippen LogP contribution in [-0.2, 0) is 12.8 Å². The zero-order valence-electron chi connectivity index (χ0n) is 21.6. The summed E-state index contributed by atoms with van der Waals surface area (Å²) in [5.74, 6) is 1.62. The molecule has 1 aromatic carbocycles. The number of aryl methyl sites for hydroxylation is 1. The van der Waals surface area contributed by atoms with Crippen LogP contribution in [0.4, 0.5) is 5.69 Å². The first-order chi connectivity index (χ1) is 16.5. The molecule has 1 fully saturated rings. The maximum atomic E-state index is 10.3. The third-order valence-electron chi connectivity index (χ3n) is 7.34. The number of fused-ring (bicyclic) bond motifs is 2. The molecule has 0 aliphatic carbocycles. The number of aliphatic hydroxyl groups excluding tert-OH is 1. The highest BCUT2D eigenvalue weighted by atomic mass is 32.2. The second-order valence-corrected chi connectivity index (χ2v) is 11.5. The van der Waals surface area contributed by atoms with E-state index in [0.717, 1.165) is 64.1 Å². The summed E-state index contributed by atoms with van der Waals surface area (Å²) in [7, 11) is 0. The number of hydrogen-bond donors (Lipinski definition) is 1. The number of thiophene rings is 1. The van der Waals surface area contributed by atoms with Crippen LogP contribution in [0.5, 0.6) is 0 Å². The molecule has 0 saturated carbocycles. The zero-order chi connectivity index (χ0) is 24.2. The van der Waals surface area contributed by atoms with E-state index >= 15 is 0 Å². The van der Waals surface area contributed by atoms with Crippen LogP contribution >= 0.6 is 23.1 Å². The fraction of sp³-hybridized carbons (Fsp3) is 0.607. The molecule has 34 heavy (non-hydrogen) atoms. The van der Waals surface area contributed by atoms with E-state index in [1.807, 2.05) is 11.8 Å². The molecule has 6 heteroatoms. The van der Waals surface area contributed by atoms with E-state index in [0.29, 0.717) is 5.92 Å². The topological polar surface area (TPSA) is 39.1 Å². The van der Waals surface area contributed by atoms with Gasteiger partial charge in [0.25, 0.3) is 0 Å². The van der Waals surface area contributed by atoms with E-state index in [9.17, 15) is 5.11 Å². The van der Waals surface area contributed by atoms with Gasteiger partial charge in [0.2, 0.25) is 0 Å². The predicted octanol–water partition coefficient (Wildman–Crippen LogP) is 7.06. The molecule has 2 aliphatic heterocycles. The van der Waals surface area contributed by atoms with Crippen LogP contribution in [0.2, 0.25) is 0 Å². The van der Waals surface area contributed by atoms with Crippen molar-refractivity contribution in [3.63, 3.8) is 0 Å². The summed E-state index contributed by atoms with van der Waals surface area (Å²) in [5.41, 5.74) is 7.07. The summed E-state index contributed by atoms with van der Waals surface area (Å²) in [4.78, 5) is 12.8. The minimum Gasteiger partial charge on any atom is -0.378 e. The van der Waals surface area contributed by atoms with Gasteiger partial charge in [-0.3, -0.25) is 4.90 Å². The number of hydrogen-bond acceptors (Lipinski definition) is 6. The Labute approximate surface area is 214 Å². The first-order valence-electron chi connectivity index (χ1n) is 13.2. The van der Waals surface area contributed by atoms with E-state index in [-0.39, 0.29) is 6.23 Å². The maximum Gasteiger partial charge on any atom is 0.138 e. The van der Waals surface area contributed by atoms with Crippen LogP contribution in [0, 0.1) is 0 Å². The van der Waals surface area contributed by atoms with Crippen molar-refractivity contribution in [3.05, 3.63) is 39.1 Å². The van der Waals surface area contributed by atoms with Gasteiger partial charge in [0.15, 0.2) is 0 Å². The van der Waals surface area contributed by atoms with E-state index in [1.165, 1.54) is 38.6 Å². The Morgan fingerprint density at radius 2 is 1.71 bits per heavy atom. The van der Waals surface area contributed by atoms with Crippen molar-refractivity contribution >= 4 is 34.6 Å². The molecule has 186 valence electrons. The van der Waals surface area contributed by atoms with Gasteiger partial charge in [-0.25, -0.2) is 4.99 Å². The summed E-state index contributed by atoms with van der Waals surface area (Å²) in [6.45, 7) is 14.9. The van der Waals surface area contributed by atoms with Gasteiger partial charge in [0, 0.05) is 52.3 Å². The molecule has 1 saturated heterocycles. The number of piperazine rings is 1. The molecule has 0 spiro atoms. The Bertz CT molecular complexity index is 1010. The lowest BCUT2D eigenvalue weighted by Gasteiger charge is -2.38. The summed E-state index contributed by atoms with van der Waals surface area (Å²) >= 11 is 3.69. The lowest BCUT2D eigenvalue weighted by molar-refractivity contribution is -0.0173. The molecule has 2 atom stereocenters. The number of nitrogens with zero attached hydrogens (tertiary/aromatic N) is 3. The molecule has 0 amide bonds. The number of rotatable bonds is 8. The number of benzene rings is 1. The molecule has 4 rings (SSSR count). The van der Waals surface area contributed by atoms with E-state index in [1.54, 1.807) is 16.9 Å². The van der Waals surface area contributed by atoms with Crippen LogP contribution in [0.3, 0.4) is 0 Å². The maximum absolute atomic E-state index is 10.3. The summed E-state index contributed by atoms with van der Waals surface area (Å²) in [6, 6.07) is 2.46. The number of aliphatic imine (C=N–C) groups is 1. The Morgan fingerprint density at radius 1 is 0.971 bits per heavy atom. The molecule has 3 heterocycles. The molecule has 0 radical (unpaired) electrons. The Kier molecular flexibility index (Phi) is 8.78. The fourth-order valence-electron chi connectivity index (χ4n) is 5.27. The molecular formula is C28H41N3OS2. The van der Waals surface area contributed by atoms with Crippen LogP contribution < -0.4 is 0 Å². The Hall–Kier alpha value is -1.34. The van der Waals surface area contributed by atoms with Crippen LogP contribution in [-0.4, -0.2) is 53.1 Å². The van der Waals surface area contributed by atoms with Crippen molar-refractivity contribution in [1.82, 2.24) is 9.80 Å². The Morgan fingerprint density at radius 3 is 2.35 bits per heavy atom. The summed E-state index contributed by atoms with van der Waals surface area (Å²) in [6.07, 6.45) is 6.18. The summed E-state index contributed by atoms with van der Waals surface area (Å²) in [5, 5.41) is 14.9. The average molecular weight is 500 g/mol. The molecule has 2 aromatic rings. The first-order valence-corrected chi connectivity index (χ1v) is 15.0. The second-order valence-electron chi connectivity index (χ2n) is 9.68. The van der Waals surface area contributed by atoms with Crippen LogP contribution in [0.1, 0.15) is 88.5 Å². The van der Waals surface area contributed by atoms with Crippen molar-refractivity contribution in [3.8, 4) is 0 Å². The van der Waals surface area contributed by atoms with Gasteiger partial charge in [-0.15, -0.1) is 0 Å². The monoisotopic (exact) mass is 499 g/mol. The van der Waals surface area contributed by atoms with Crippen molar-refractivity contribution < 1.29 is 5.11 Å². The van der Waals surface area contributed by atoms with Gasteiger partial charge in [0.05, 0.1) is 5.69 Å². The minimum atomic E-state index is -0.336. The average Bonchev–Trinajstić information content (AvgIpc) is 3.25. The van der Waals surface area contributed by atoms with Gasteiger partial charge in [-0.2, -0.15) is 11.3 Å². The molecule has 4 nitrogen and oxygen atoms in total. The number of amidine groups is 1. The van der Waals surface area contributed by atoms with Gasteiger partial charge < -0.3 is 10.0 Å². The van der Waals surface area contributed by atoms with E-state index in [2.05, 4.69) is 61.2 Å². The molecule has 2 unspecified atom stereocenters.